The zero-order valence-corrected chi connectivity index (χ0v) is 7.80. The number of hydrogen-bond donors (Lipinski definition) is 1. The van der Waals surface area contributed by atoms with Gasteiger partial charge in [0.25, 0.3) is 0 Å². The van der Waals surface area contributed by atoms with Crippen LogP contribution in [0, 0.1) is 0 Å². The summed E-state index contributed by atoms with van der Waals surface area (Å²) in [6.07, 6.45) is 1.83. The van der Waals surface area contributed by atoms with Crippen molar-refractivity contribution in [1.82, 2.24) is 5.32 Å². The van der Waals surface area contributed by atoms with Crippen LogP contribution in [0.4, 0.5) is 0 Å². The Morgan fingerprint density at radius 2 is 2.08 bits per heavy atom. The van der Waals surface area contributed by atoms with Gasteiger partial charge in [0.15, 0.2) is 5.79 Å². The van der Waals surface area contributed by atoms with E-state index in [-0.39, 0.29) is 0 Å². The summed E-state index contributed by atoms with van der Waals surface area (Å²) in [5, 5.41) is 3.24. The Bertz CT molecular complexity index is 147. The minimum absolute atomic E-state index is 0.302. The molecule has 0 spiro atoms. The van der Waals surface area contributed by atoms with Gasteiger partial charge in [-0.3, -0.25) is 0 Å². The van der Waals surface area contributed by atoms with Gasteiger partial charge in [-0.1, -0.05) is 6.08 Å². The van der Waals surface area contributed by atoms with Gasteiger partial charge in [-0.05, 0) is 13.8 Å². The second-order valence-electron chi connectivity index (χ2n) is 3.42. The molecular weight excluding hydrogens is 154 g/mol. The van der Waals surface area contributed by atoms with Crippen LogP contribution in [-0.2, 0) is 9.47 Å². The third-order valence-corrected chi connectivity index (χ3v) is 1.82. The Kier molecular flexibility index (Phi) is 3.26. The monoisotopic (exact) mass is 171 g/mol. The largest absolute Gasteiger partial charge is 0.349 e. The Morgan fingerprint density at radius 1 is 1.50 bits per heavy atom. The smallest absolute Gasteiger partial charge is 0.162 e. The zero-order valence-electron chi connectivity index (χ0n) is 7.80. The highest BCUT2D eigenvalue weighted by Crippen LogP contribution is 2.16. The van der Waals surface area contributed by atoms with Crippen LogP contribution < -0.4 is 5.32 Å². The Hall–Kier alpha value is -0.380. The van der Waals surface area contributed by atoms with Crippen LogP contribution in [0.1, 0.15) is 13.8 Å². The molecule has 0 aliphatic carbocycles. The summed E-state index contributed by atoms with van der Waals surface area (Å²) >= 11 is 0. The second-order valence-corrected chi connectivity index (χ2v) is 3.42. The van der Waals surface area contributed by atoms with Gasteiger partial charge in [0.05, 0.1) is 19.3 Å². The highest BCUT2D eigenvalue weighted by Gasteiger charge is 2.27. The van der Waals surface area contributed by atoms with Crippen molar-refractivity contribution in [2.24, 2.45) is 0 Å². The van der Waals surface area contributed by atoms with Gasteiger partial charge >= 0.3 is 0 Å². The first-order chi connectivity index (χ1) is 5.64. The first-order valence-electron chi connectivity index (χ1n) is 4.26. The topological polar surface area (TPSA) is 30.5 Å². The van der Waals surface area contributed by atoms with Gasteiger partial charge in [0.1, 0.15) is 0 Å². The van der Waals surface area contributed by atoms with Gasteiger partial charge in [-0.15, -0.1) is 6.58 Å². The maximum atomic E-state index is 5.46. The molecule has 0 saturated carbocycles. The molecule has 0 aromatic carbocycles. The fraction of sp³-hybridized carbons (Fsp3) is 0.778. The van der Waals surface area contributed by atoms with E-state index in [1.54, 1.807) is 0 Å². The number of nitrogens with one attached hydrogen (secondary N) is 1. The van der Waals surface area contributed by atoms with Crippen molar-refractivity contribution in [2.45, 2.75) is 25.7 Å². The van der Waals surface area contributed by atoms with Gasteiger partial charge in [0.2, 0.25) is 0 Å². The van der Waals surface area contributed by atoms with Crippen LogP contribution in [-0.4, -0.2) is 31.6 Å². The Balaban J connectivity index is 2.22. The molecule has 0 unspecified atom stereocenters. The summed E-state index contributed by atoms with van der Waals surface area (Å²) in [7, 11) is 0. The molecule has 1 aliphatic rings. The predicted octanol–water partition coefficient (Wildman–Crippen LogP) is 0.913. The van der Waals surface area contributed by atoms with E-state index in [1.807, 2.05) is 19.9 Å². The fourth-order valence-electron chi connectivity index (χ4n) is 1.06. The van der Waals surface area contributed by atoms with Crippen LogP contribution in [0.3, 0.4) is 0 Å². The Morgan fingerprint density at radius 3 is 2.58 bits per heavy atom. The van der Waals surface area contributed by atoms with E-state index < -0.39 is 5.79 Å². The molecule has 1 heterocycles. The van der Waals surface area contributed by atoms with Crippen molar-refractivity contribution >= 4 is 0 Å². The quantitative estimate of drug-likeness (QED) is 0.640. The summed E-state index contributed by atoms with van der Waals surface area (Å²) < 4.78 is 10.9. The maximum absolute atomic E-state index is 5.46. The van der Waals surface area contributed by atoms with Crippen molar-refractivity contribution < 1.29 is 9.47 Å². The molecule has 1 saturated heterocycles. The average molecular weight is 171 g/mol. The van der Waals surface area contributed by atoms with E-state index in [9.17, 15) is 0 Å². The minimum atomic E-state index is -0.410. The lowest BCUT2D eigenvalue weighted by Crippen LogP contribution is -2.48. The van der Waals surface area contributed by atoms with Crippen molar-refractivity contribution in [3.05, 3.63) is 12.7 Å². The van der Waals surface area contributed by atoms with Gasteiger partial charge < -0.3 is 14.8 Å². The highest BCUT2D eigenvalue weighted by molar-refractivity contribution is 4.78. The molecule has 0 atom stereocenters. The summed E-state index contributed by atoms with van der Waals surface area (Å²) in [5.41, 5.74) is 0. The molecule has 3 nitrogen and oxygen atoms in total. The lowest BCUT2D eigenvalue weighted by Gasteiger charge is -2.35. The van der Waals surface area contributed by atoms with Crippen molar-refractivity contribution in [3.63, 3.8) is 0 Å². The van der Waals surface area contributed by atoms with Gasteiger partial charge in [0, 0.05) is 6.54 Å². The molecule has 0 aromatic rings. The molecule has 12 heavy (non-hydrogen) atoms. The number of hydrogen-bond acceptors (Lipinski definition) is 3. The highest BCUT2D eigenvalue weighted by atomic mass is 16.7. The van der Waals surface area contributed by atoms with E-state index in [0.29, 0.717) is 19.3 Å². The van der Waals surface area contributed by atoms with E-state index >= 15 is 0 Å². The lowest BCUT2D eigenvalue weighted by atomic mass is 10.2. The van der Waals surface area contributed by atoms with Crippen molar-refractivity contribution in [3.8, 4) is 0 Å². The molecule has 1 fully saturated rings. The van der Waals surface area contributed by atoms with Gasteiger partial charge in [-0.2, -0.15) is 0 Å². The number of rotatable bonds is 3. The van der Waals surface area contributed by atoms with Crippen LogP contribution in [0.2, 0.25) is 0 Å². The lowest BCUT2D eigenvalue weighted by molar-refractivity contribution is -0.252. The average Bonchev–Trinajstić information content (AvgIpc) is 2.03. The zero-order chi connectivity index (χ0) is 9.03. The SMILES string of the molecule is C=CCNC1COC(C)(C)OC1. The second kappa shape index (κ2) is 4.03. The summed E-state index contributed by atoms with van der Waals surface area (Å²) in [5.74, 6) is -0.410. The molecular formula is C9H17NO2. The summed E-state index contributed by atoms with van der Waals surface area (Å²) in [6.45, 7) is 9.71. The van der Waals surface area contributed by atoms with E-state index in [1.165, 1.54) is 0 Å². The molecule has 1 rings (SSSR count). The molecule has 0 amide bonds. The number of ether oxygens (including phenoxy) is 2. The van der Waals surface area contributed by atoms with Crippen molar-refractivity contribution in [1.29, 1.82) is 0 Å². The van der Waals surface area contributed by atoms with Crippen LogP contribution >= 0.6 is 0 Å². The molecule has 0 bridgehead atoms. The van der Waals surface area contributed by atoms with Crippen molar-refractivity contribution in [2.75, 3.05) is 19.8 Å². The summed E-state index contributed by atoms with van der Waals surface area (Å²) in [4.78, 5) is 0. The maximum Gasteiger partial charge on any atom is 0.162 e. The van der Waals surface area contributed by atoms with E-state index in [4.69, 9.17) is 9.47 Å². The molecule has 1 N–H and O–H groups in total. The van der Waals surface area contributed by atoms with Gasteiger partial charge in [-0.25, -0.2) is 0 Å². The first kappa shape index (κ1) is 9.71. The molecule has 70 valence electrons. The molecule has 1 aliphatic heterocycles. The van der Waals surface area contributed by atoms with Crippen LogP contribution in [0.15, 0.2) is 12.7 Å². The van der Waals surface area contributed by atoms with Crippen LogP contribution in [0.5, 0.6) is 0 Å². The fourth-order valence-corrected chi connectivity index (χ4v) is 1.06. The van der Waals surface area contributed by atoms with Crippen LogP contribution in [0.25, 0.3) is 0 Å². The predicted molar refractivity (Wildman–Crippen MR) is 48.0 cm³/mol. The summed E-state index contributed by atoms with van der Waals surface area (Å²) in [6, 6.07) is 0.302. The molecule has 0 aromatic heterocycles. The third kappa shape index (κ3) is 2.93. The normalized spacial score (nSPS) is 23.8. The first-order valence-corrected chi connectivity index (χ1v) is 4.26. The Labute approximate surface area is 73.7 Å². The van der Waals surface area contributed by atoms with E-state index in [2.05, 4.69) is 11.9 Å². The minimum Gasteiger partial charge on any atom is -0.349 e. The standard InChI is InChI=1S/C9H17NO2/c1-4-5-10-8-6-11-9(2,3)12-7-8/h4,8,10H,1,5-7H2,2-3H3. The third-order valence-electron chi connectivity index (χ3n) is 1.82. The van der Waals surface area contributed by atoms with E-state index in [0.717, 1.165) is 6.54 Å². The molecule has 0 radical (unpaired) electrons. The molecule has 3 heteroatoms.